The Morgan fingerprint density at radius 1 is 0.939 bits per heavy atom. The van der Waals surface area contributed by atoms with Crippen molar-refractivity contribution in [2.75, 3.05) is 17.2 Å². The van der Waals surface area contributed by atoms with E-state index >= 15 is 0 Å². The molecule has 0 bridgehead atoms. The number of hydrogen-bond donors (Lipinski definition) is 2. The lowest BCUT2D eigenvalue weighted by molar-refractivity contribution is 0.103. The minimum absolute atomic E-state index is 0.0402. The summed E-state index contributed by atoms with van der Waals surface area (Å²) in [5.74, 6) is 0.490. The molecule has 164 valence electrons. The van der Waals surface area contributed by atoms with Crippen LogP contribution < -0.4 is 10.6 Å². The van der Waals surface area contributed by atoms with Crippen LogP contribution in [0.25, 0.3) is 5.69 Å². The maximum atomic E-state index is 13.1. The lowest BCUT2D eigenvalue weighted by Gasteiger charge is -2.31. The molecule has 0 radical (unpaired) electrons. The highest BCUT2D eigenvalue weighted by atomic mass is 16.1. The summed E-state index contributed by atoms with van der Waals surface area (Å²) in [6.45, 7) is 3.00. The second-order valence-corrected chi connectivity index (χ2v) is 8.95. The van der Waals surface area contributed by atoms with Gasteiger partial charge >= 0.3 is 0 Å². The van der Waals surface area contributed by atoms with Gasteiger partial charge in [0.2, 0.25) is 0 Å². The third-order valence-electron chi connectivity index (χ3n) is 6.92. The first-order chi connectivity index (χ1) is 16.2. The van der Waals surface area contributed by atoms with Crippen molar-refractivity contribution in [3.05, 3.63) is 107 Å². The average Bonchev–Trinajstić information content (AvgIpc) is 3.09. The van der Waals surface area contributed by atoms with E-state index in [2.05, 4.69) is 46.5 Å². The van der Waals surface area contributed by atoms with Crippen molar-refractivity contribution >= 4 is 17.2 Å². The lowest BCUT2D eigenvalue weighted by atomic mass is 9.81. The quantitative estimate of drug-likeness (QED) is 0.415. The van der Waals surface area contributed by atoms with E-state index in [0.717, 1.165) is 42.1 Å². The fourth-order valence-electron chi connectivity index (χ4n) is 5.27. The zero-order valence-electron chi connectivity index (χ0n) is 18.6. The van der Waals surface area contributed by atoms with Crippen LogP contribution in [-0.4, -0.2) is 22.1 Å². The Balaban J connectivity index is 1.38. The molecule has 2 N–H and O–H groups in total. The topological polar surface area (TPSA) is 59.0 Å². The van der Waals surface area contributed by atoms with Crippen LogP contribution in [0.15, 0.2) is 78.9 Å². The molecular weight excluding hydrogens is 408 g/mol. The number of benzene rings is 3. The van der Waals surface area contributed by atoms with Crippen molar-refractivity contribution < 1.29 is 4.79 Å². The third kappa shape index (κ3) is 3.41. The number of carbonyl (C=O) groups excluding carboxylic acids is 1. The van der Waals surface area contributed by atoms with Crippen LogP contribution in [0.2, 0.25) is 0 Å². The predicted molar refractivity (Wildman–Crippen MR) is 131 cm³/mol. The molecule has 5 heteroatoms. The number of nitrogens with one attached hydrogen (secondary N) is 2. The van der Waals surface area contributed by atoms with Gasteiger partial charge in [0.25, 0.3) is 0 Å². The molecule has 33 heavy (non-hydrogen) atoms. The van der Waals surface area contributed by atoms with Crippen molar-refractivity contribution in [3.63, 3.8) is 0 Å². The Kier molecular flexibility index (Phi) is 4.75. The maximum absolute atomic E-state index is 13.1. The monoisotopic (exact) mass is 434 g/mol. The Morgan fingerprint density at radius 3 is 2.48 bits per heavy atom. The molecule has 0 spiro atoms. The maximum Gasteiger partial charge on any atom is 0.193 e. The molecule has 6 rings (SSSR count). The summed E-state index contributed by atoms with van der Waals surface area (Å²) in [5.41, 5.74) is 8.17. The number of ketones is 1. The Labute approximate surface area is 193 Å². The largest absolute Gasteiger partial charge is 0.383 e. The van der Waals surface area contributed by atoms with E-state index in [4.69, 9.17) is 5.10 Å². The molecule has 2 atom stereocenters. The summed E-state index contributed by atoms with van der Waals surface area (Å²) in [6, 6.07) is 25.9. The van der Waals surface area contributed by atoms with Crippen LogP contribution in [0.3, 0.4) is 0 Å². The minimum atomic E-state index is 0.0402. The van der Waals surface area contributed by atoms with Gasteiger partial charge in [0.15, 0.2) is 5.78 Å². The van der Waals surface area contributed by atoms with Gasteiger partial charge in [-0.25, -0.2) is 4.68 Å². The number of anilines is 2. The second kappa shape index (κ2) is 7.93. The molecule has 0 saturated carbocycles. The van der Waals surface area contributed by atoms with Gasteiger partial charge in [-0.3, -0.25) is 4.79 Å². The number of para-hydroxylation sites is 1. The Hall–Kier alpha value is -3.86. The van der Waals surface area contributed by atoms with Gasteiger partial charge in [-0.2, -0.15) is 5.10 Å². The molecule has 4 aromatic rings. The molecule has 0 amide bonds. The highest BCUT2D eigenvalue weighted by molar-refractivity contribution is 6.09. The van der Waals surface area contributed by atoms with Gasteiger partial charge < -0.3 is 10.6 Å². The van der Waals surface area contributed by atoms with Crippen LogP contribution in [0, 0.1) is 12.8 Å². The molecule has 0 saturated heterocycles. The van der Waals surface area contributed by atoms with Gasteiger partial charge in [-0.1, -0.05) is 48.5 Å². The number of fused-ring (bicyclic) bond motifs is 4. The van der Waals surface area contributed by atoms with E-state index in [-0.39, 0.29) is 11.8 Å². The minimum Gasteiger partial charge on any atom is -0.383 e. The molecule has 1 aliphatic heterocycles. The molecule has 1 aromatic heterocycles. The van der Waals surface area contributed by atoms with Gasteiger partial charge in [0.05, 0.1) is 28.8 Å². The summed E-state index contributed by atoms with van der Waals surface area (Å²) in [5, 5.41) is 12.3. The first kappa shape index (κ1) is 19.8. The first-order valence-corrected chi connectivity index (χ1v) is 11.6. The van der Waals surface area contributed by atoms with Crippen molar-refractivity contribution in [1.29, 1.82) is 0 Å². The number of hydrogen-bond acceptors (Lipinski definition) is 4. The van der Waals surface area contributed by atoms with Gasteiger partial charge in [0, 0.05) is 34.8 Å². The van der Waals surface area contributed by atoms with E-state index in [1.165, 1.54) is 11.3 Å². The molecule has 2 unspecified atom stereocenters. The third-order valence-corrected chi connectivity index (χ3v) is 6.92. The van der Waals surface area contributed by atoms with Crippen molar-refractivity contribution in [3.8, 4) is 5.69 Å². The van der Waals surface area contributed by atoms with E-state index in [1.54, 1.807) is 0 Å². The van der Waals surface area contributed by atoms with Crippen molar-refractivity contribution in [2.24, 2.45) is 5.92 Å². The molecular formula is C28H26N4O. The van der Waals surface area contributed by atoms with Crippen molar-refractivity contribution in [1.82, 2.24) is 9.78 Å². The van der Waals surface area contributed by atoms with Crippen LogP contribution in [0.5, 0.6) is 0 Å². The molecule has 3 aromatic carbocycles. The molecule has 2 heterocycles. The second-order valence-electron chi connectivity index (χ2n) is 8.95. The smallest absolute Gasteiger partial charge is 0.193 e. The number of rotatable bonds is 3. The fraction of sp³-hybridized carbons (Fsp3) is 0.214. The Morgan fingerprint density at radius 2 is 1.70 bits per heavy atom. The zero-order chi connectivity index (χ0) is 22.4. The van der Waals surface area contributed by atoms with E-state index in [0.29, 0.717) is 17.0 Å². The van der Waals surface area contributed by atoms with Crippen LogP contribution in [0.1, 0.15) is 45.3 Å². The number of carbonyl (C=O) groups is 1. The van der Waals surface area contributed by atoms with E-state index in [9.17, 15) is 4.79 Å². The first-order valence-electron chi connectivity index (χ1n) is 11.6. The SMILES string of the molecule is Cc1nn(-c2ccccc2)c2c1C1Nc3cc(C(=O)c4ccccc4)ccc3NCC1CC2. The van der Waals surface area contributed by atoms with Crippen LogP contribution in [0.4, 0.5) is 11.4 Å². The van der Waals surface area contributed by atoms with Gasteiger partial charge in [-0.15, -0.1) is 0 Å². The number of aryl methyl sites for hydroxylation is 1. The normalized spacial score (nSPS) is 18.7. The Bertz CT molecular complexity index is 1330. The highest BCUT2D eigenvalue weighted by Gasteiger charge is 2.36. The summed E-state index contributed by atoms with van der Waals surface area (Å²) in [7, 11) is 0. The summed E-state index contributed by atoms with van der Waals surface area (Å²) >= 11 is 0. The average molecular weight is 435 g/mol. The summed E-state index contributed by atoms with van der Waals surface area (Å²) in [4.78, 5) is 13.1. The predicted octanol–water partition coefficient (Wildman–Crippen LogP) is 5.55. The lowest BCUT2D eigenvalue weighted by Crippen LogP contribution is -2.29. The van der Waals surface area contributed by atoms with Crippen LogP contribution in [-0.2, 0) is 6.42 Å². The van der Waals surface area contributed by atoms with Gasteiger partial charge in [-0.05, 0) is 50.1 Å². The summed E-state index contributed by atoms with van der Waals surface area (Å²) < 4.78 is 2.11. The standard InChI is InChI=1S/C28H26N4O/c1-18-26-25(32(31-18)22-10-6-3-7-11-22)15-13-21-17-29-23-14-12-20(16-24(23)30-27(21)26)28(33)19-8-4-2-5-9-19/h2-12,14,16,21,27,29-30H,13,15,17H2,1H3. The van der Waals surface area contributed by atoms with Gasteiger partial charge in [0.1, 0.15) is 0 Å². The molecule has 0 fully saturated rings. The molecule has 2 aliphatic rings. The molecule has 5 nitrogen and oxygen atoms in total. The number of nitrogens with zero attached hydrogens (tertiary/aromatic N) is 2. The van der Waals surface area contributed by atoms with Crippen LogP contribution >= 0.6 is 0 Å². The van der Waals surface area contributed by atoms with E-state index < -0.39 is 0 Å². The molecule has 1 aliphatic carbocycles. The van der Waals surface area contributed by atoms with E-state index in [1.807, 2.05) is 54.6 Å². The van der Waals surface area contributed by atoms with Crippen molar-refractivity contribution in [2.45, 2.75) is 25.8 Å². The highest BCUT2D eigenvalue weighted by Crippen LogP contribution is 2.43. The summed E-state index contributed by atoms with van der Waals surface area (Å²) in [6.07, 6.45) is 2.09. The zero-order valence-corrected chi connectivity index (χ0v) is 18.6. The number of aromatic nitrogens is 2. The fourth-order valence-corrected chi connectivity index (χ4v) is 5.27.